The van der Waals surface area contributed by atoms with Crippen molar-refractivity contribution in [3.8, 4) is 5.75 Å². The molecule has 31 heavy (non-hydrogen) atoms. The minimum absolute atomic E-state index is 0.0624. The Morgan fingerprint density at radius 3 is 2.45 bits per heavy atom. The number of carbonyl (C=O) groups excluding carboxylic acids is 1. The fourth-order valence-electron chi connectivity index (χ4n) is 5.75. The molecular formula is C26H39N3O2. The average Bonchev–Trinajstić information content (AvgIpc) is 2.74. The lowest BCUT2D eigenvalue weighted by atomic mass is 9.81. The summed E-state index contributed by atoms with van der Waals surface area (Å²) in [6, 6.07) is 8.00. The summed E-state index contributed by atoms with van der Waals surface area (Å²) in [5.41, 5.74) is 2.76. The van der Waals surface area contributed by atoms with Crippen molar-refractivity contribution in [3.63, 3.8) is 0 Å². The number of nitrogens with zero attached hydrogens (tertiary/aromatic N) is 2. The number of ether oxygens (including phenoxy) is 1. The number of carbonyl (C=O) groups is 1. The van der Waals surface area contributed by atoms with Crippen molar-refractivity contribution in [3.05, 3.63) is 23.8 Å². The highest BCUT2D eigenvalue weighted by molar-refractivity contribution is 5.78. The lowest BCUT2D eigenvalue weighted by Gasteiger charge is -2.48. The second kappa shape index (κ2) is 8.65. The molecule has 5 rings (SSSR count). The Bertz CT molecular complexity index is 788. The second-order valence-corrected chi connectivity index (χ2v) is 10.6. The van der Waals surface area contributed by atoms with E-state index in [1.165, 1.54) is 56.4 Å². The Morgan fingerprint density at radius 1 is 1.06 bits per heavy atom. The van der Waals surface area contributed by atoms with Gasteiger partial charge in [-0.15, -0.1) is 0 Å². The second-order valence-electron chi connectivity index (χ2n) is 10.6. The first-order valence-corrected chi connectivity index (χ1v) is 12.6. The molecule has 1 amide bonds. The van der Waals surface area contributed by atoms with E-state index in [1.807, 2.05) is 13.8 Å². The summed E-state index contributed by atoms with van der Waals surface area (Å²) in [7, 11) is 0. The van der Waals surface area contributed by atoms with E-state index in [0.717, 1.165) is 50.6 Å². The van der Waals surface area contributed by atoms with Gasteiger partial charge in [0.1, 0.15) is 11.4 Å². The first kappa shape index (κ1) is 21.1. The van der Waals surface area contributed by atoms with E-state index < -0.39 is 0 Å². The number of likely N-dealkylation sites (tertiary alicyclic amines) is 1. The molecule has 4 aliphatic rings. The molecule has 3 aliphatic heterocycles. The van der Waals surface area contributed by atoms with Gasteiger partial charge in [0.25, 0.3) is 0 Å². The van der Waals surface area contributed by atoms with Crippen LogP contribution in [0.4, 0.5) is 5.69 Å². The molecule has 0 atom stereocenters. The van der Waals surface area contributed by atoms with Crippen LogP contribution in [0.1, 0.15) is 70.8 Å². The summed E-state index contributed by atoms with van der Waals surface area (Å²) in [5, 5.41) is 3.20. The first-order valence-electron chi connectivity index (χ1n) is 12.6. The van der Waals surface area contributed by atoms with Crippen molar-refractivity contribution >= 4 is 11.6 Å². The highest BCUT2D eigenvalue weighted by Crippen LogP contribution is 2.42. The summed E-state index contributed by atoms with van der Waals surface area (Å²) >= 11 is 0. The number of anilines is 1. The van der Waals surface area contributed by atoms with E-state index in [4.69, 9.17) is 4.74 Å². The fraction of sp³-hybridized carbons (Fsp3) is 0.731. The maximum Gasteiger partial charge on any atom is 0.222 e. The Labute approximate surface area is 187 Å². The number of hydrogen-bond donors (Lipinski definition) is 1. The number of aryl methyl sites for hydroxylation is 1. The molecular weight excluding hydrogens is 386 g/mol. The Hall–Kier alpha value is -1.75. The van der Waals surface area contributed by atoms with Gasteiger partial charge in [0.2, 0.25) is 5.91 Å². The lowest BCUT2D eigenvalue weighted by molar-refractivity contribution is -0.124. The van der Waals surface area contributed by atoms with Crippen molar-refractivity contribution in [1.29, 1.82) is 0 Å². The van der Waals surface area contributed by atoms with Gasteiger partial charge < -0.3 is 19.9 Å². The zero-order chi connectivity index (χ0) is 21.4. The SMILES string of the molecule is CC(C)C(=O)NC1CCN(c2ccc3c(c2)CCC2(CCN(C4CCC4)CC2)O3)CC1. The number of piperidine rings is 2. The van der Waals surface area contributed by atoms with Crippen LogP contribution < -0.4 is 15.0 Å². The van der Waals surface area contributed by atoms with Gasteiger partial charge >= 0.3 is 0 Å². The fourth-order valence-corrected chi connectivity index (χ4v) is 5.75. The number of fused-ring (bicyclic) bond motifs is 1. The Kier molecular flexibility index (Phi) is 5.89. The van der Waals surface area contributed by atoms with E-state index in [-0.39, 0.29) is 17.4 Å². The molecule has 1 spiro atoms. The monoisotopic (exact) mass is 425 g/mol. The van der Waals surface area contributed by atoms with Crippen LogP contribution in [0.15, 0.2) is 18.2 Å². The average molecular weight is 426 g/mol. The molecule has 1 aromatic rings. The highest BCUT2D eigenvalue weighted by atomic mass is 16.5. The third-order valence-electron chi connectivity index (χ3n) is 8.25. The van der Waals surface area contributed by atoms with Crippen molar-refractivity contribution in [1.82, 2.24) is 10.2 Å². The van der Waals surface area contributed by atoms with Gasteiger partial charge in [-0.1, -0.05) is 20.3 Å². The van der Waals surface area contributed by atoms with Gasteiger partial charge in [0, 0.05) is 49.9 Å². The third kappa shape index (κ3) is 4.44. The normalized spacial score (nSPS) is 24.5. The quantitative estimate of drug-likeness (QED) is 0.788. The molecule has 1 aromatic carbocycles. The Morgan fingerprint density at radius 2 is 1.81 bits per heavy atom. The van der Waals surface area contributed by atoms with E-state index in [2.05, 4.69) is 33.3 Å². The van der Waals surface area contributed by atoms with E-state index >= 15 is 0 Å². The predicted molar refractivity (Wildman–Crippen MR) is 125 cm³/mol. The summed E-state index contributed by atoms with van der Waals surface area (Å²) < 4.78 is 6.67. The molecule has 0 unspecified atom stereocenters. The van der Waals surface area contributed by atoms with Gasteiger partial charge in [-0.05, 0) is 75.1 Å². The zero-order valence-electron chi connectivity index (χ0n) is 19.4. The number of rotatable bonds is 4. The number of amides is 1. The van der Waals surface area contributed by atoms with Crippen LogP contribution in [0.2, 0.25) is 0 Å². The minimum atomic E-state index is 0.0624. The summed E-state index contributed by atoms with van der Waals surface area (Å²) in [6.45, 7) is 8.34. The van der Waals surface area contributed by atoms with Crippen molar-refractivity contribution in [2.45, 2.75) is 89.3 Å². The molecule has 3 fully saturated rings. The van der Waals surface area contributed by atoms with E-state index in [0.29, 0.717) is 6.04 Å². The zero-order valence-corrected chi connectivity index (χ0v) is 19.4. The van der Waals surface area contributed by atoms with Crippen LogP contribution in [0.3, 0.4) is 0 Å². The third-order valence-corrected chi connectivity index (χ3v) is 8.25. The number of nitrogens with one attached hydrogen (secondary N) is 1. The maximum absolute atomic E-state index is 12.0. The molecule has 1 saturated carbocycles. The molecule has 0 radical (unpaired) electrons. The summed E-state index contributed by atoms with van der Waals surface area (Å²) in [6.07, 6.45) is 10.9. The number of hydrogen-bond acceptors (Lipinski definition) is 4. The van der Waals surface area contributed by atoms with Gasteiger partial charge in [0.15, 0.2) is 0 Å². The summed E-state index contributed by atoms with van der Waals surface area (Å²) in [5.74, 6) is 1.36. The van der Waals surface area contributed by atoms with Crippen molar-refractivity contribution < 1.29 is 9.53 Å². The van der Waals surface area contributed by atoms with Crippen LogP contribution in [0.25, 0.3) is 0 Å². The molecule has 1 N–H and O–H groups in total. The maximum atomic E-state index is 12.0. The summed E-state index contributed by atoms with van der Waals surface area (Å²) in [4.78, 5) is 17.2. The topological polar surface area (TPSA) is 44.8 Å². The van der Waals surface area contributed by atoms with Crippen LogP contribution >= 0.6 is 0 Å². The predicted octanol–water partition coefficient (Wildman–Crippen LogP) is 4.14. The standard InChI is InChI=1S/C26H39N3O2/c1-19(2)25(30)27-21-9-14-28(15-10-21)23-6-7-24-20(18-23)8-11-26(31-24)12-16-29(17-13-26)22-4-3-5-22/h6-7,18-19,21-22H,3-5,8-17H2,1-2H3,(H,27,30). The van der Waals surface area contributed by atoms with E-state index in [9.17, 15) is 4.79 Å². The first-order chi connectivity index (χ1) is 15.0. The van der Waals surface area contributed by atoms with Crippen LogP contribution in [-0.2, 0) is 11.2 Å². The highest BCUT2D eigenvalue weighted by Gasteiger charge is 2.41. The largest absolute Gasteiger partial charge is 0.487 e. The molecule has 1 aliphatic carbocycles. The molecule has 3 heterocycles. The van der Waals surface area contributed by atoms with E-state index in [1.54, 1.807) is 0 Å². The smallest absolute Gasteiger partial charge is 0.222 e. The van der Waals surface area contributed by atoms with Gasteiger partial charge in [-0.25, -0.2) is 0 Å². The molecule has 2 saturated heterocycles. The van der Waals surface area contributed by atoms with Crippen LogP contribution in [0, 0.1) is 5.92 Å². The molecule has 5 heteroatoms. The van der Waals surface area contributed by atoms with Crippen molar-refractivity contribution in [2.75, 3.05) is 31.1 Å². The van der Waals surface area contributed by atoms with Crippen molar-refractivity contribution in [2.24, 2.45) is 5.92 Å². The minimum Gasteiger partial charge on any atom is -0.487 e. The van der Waals surface area contributed by atoms with Gasteiger partial charge in [-0.3, -0.25) is 4.79 Å². The van der Waals surface area contributed by atoms with Crippen LogP contribution in [0.5, 0.6) is 5.75 Å². The number of benzene rings is 1. The lowest BCUT2D eigenvalue weighted by Crippen LogP contribution is -2.53. The van der Waals surface area contributed by atoms with Crippen LogP contribution in [-0.4, -0.2) is 54.7 Å². The molecule has 170 valence electrons. The van der Waals surface area contributed by atoms with Gasteiger partial charge in [0.05, 0.1) is 0 Å². The Balaban J connectivity index is 1.17. The van der Waals surface area contributed by atoms with Gasteiger partial charge in [-0.2, -0.15) is 0 Å². The molecule has 0 bridgehead atoms. The molecule has 5 nitrogen and oxygen atoms in total. The molecule has 0 aromatic heterocycles.